The summed E-state index contributed by atoms with van der Waals surface area (Å²) in [6.45, 7) is 2.86. The first-order valence-electron chi connectivity index (χ1n) is 8.96. The van der Waals surface area contributed by atoms with Gasteiger partial charge in [-0.15, -0.1) is 0 Å². The van der Waals surface area contributed by atoms with Gasteiger partial charge in [-0.2, -0.15) is 0 Å². The smallest absolute Gasteiger partial charge is 0.122 e. The van der Waals surface area contributed by atoms with Gasteiger partial charge in [-0.25, -0.2) is 0 Å². The molecule has 0 unspecified atom stereocenters. The quantitative estimate of drug-likeness (QED) is 0.326. The van der Waals surface area contributed by atoms with Crippen LogP contribution in [0.2, 0.25) is 0 Å². The van der Waals surface area contributed by atoms with Gasteiger partial charge in [-0.3, -0.25) is 0 Å². The van der Waals surface area contributed by atoms with Gasteiger partial charge in [-0.1, -0.05) is 88.6 Å². The predicted molar refractivity (Wildman–Crippen MR) is 92.9 cm³/mol. The summed E-state index contributed by atoms with van der Waals surface area (Å²) in [6, 6.07) is 10.2. The lowest BCUT2D eigenvalue weighted by atomic mass is 10.0. The molecular formula is C20H32O2. The van der Waals surface area contributed by atoms with E-state index in [9.17, 15) is 4.79 Å². The number of rotatable bonds is 14. The molecule has 1 atom stereocenters. The maximum absolute atomic E-state index is 10.8. The van der Waals surface area contributed by atoms with Crippen LogP contribution in [0.3, 0.4) is 0 Å². The third-order valence-electron chi connectivity index (χ3n) is 4.07. The number of hydrogen-bond donors (Lipinski definition) is 0. The SMILES string of the molecule is CCCCCCCCCC[C@H](CC=O)OCc1ccccc1. The van der Waals surface area contributed by atoms with Crippen LogP contribution < -0.4 is 0 Å². The number of ether oxygens (including phenoxy) is 1. The second-order valence-corrected chi connectivity index (χ2v) is 6.08. The molecule has 0 amide bonds. The lowest BCUT2D eigenvalue weighted by Gasteiger charge is -2.15. The van der Waals surface area contributed by atoms with E-state index in [0.717, 1.165) is 12.7 Å². The Morgan fingerprint density at radius 3 is 2.23 bits per heavy atom. The fraction of sp³-hybridized carbons (Fsp3) is 0.650. The van der Waals surface area contributed by atoms with Crippen molar-refractivity contribution in [3.63, 3.8) is 0 Å². The number of carbonyl (C=O) groups excluding carboxylic acids is 1. The molecule has 2 heteroatoms. The topological polar surface area (TPSA) is 26.3 Å². The summed E-state index contributed by atoms with van der Waals surface area (Å²) in [6.07, 6.45) is 13.1. The van der Waals surface area contributed by atoms with Crippen LogP contribution in [0.25, 0.3) is 0 Å². The lowest BCUT2D eigenvalue weighted by Crippen LogP contribution is -2.13. The number of benzene rings is 1. The Morgan fingerprint density at radius 2 is 1.59 bits per heavy atom. The first-order chi connectivity index (χ1) is 10.9. The Labute approximate surface area is 136 Å². The number of unbranched alkanes of at least 4 members (excludes halogenated alkanes) is 7. The van der Waals surface area contributed by atoms with E-state index in [-0.39, 0.29) is 6.10 Å². The molecule has 124 valence electrons. The van der Waals surface area contributed by atoms with Crippen LogP contribution in [-0.4, -0.2) is 12.4 Å². The first kappa shape index (κ1) is 18.9. The summed E-state index contributed by atoms with van der Waals surface area (Å²) in [4.78, 5) is 10.8. The number of carbonyl (C=O) groups is 1. The van der Waals surface area contributed by atoms with Gasteiger partial charge in [0, 0.05) is 6.42 Å². The third kappa shape index (κ3) is 9.73. The molecule has 0 aliphatic heterocycles. The van der Waals surface area contributed by atoms with Gasteiger partial charge in [0.1, 0.15) is 6.29 Å². The Balaban J connectivity index is 2.09. The van der Waals surface area contributed by atoms with Gasteiger partial charge in [0.25, 0.3) is 0 Å². The molecule has 0 aliphatic carbocycles. The molecule has 1 rings (SSSR count). The molecule has 0 N–H and O–H groups in total. The van der Waals surface area contributed by atoms with Crippen molar-refractivity contribution < 1.29 is 9.53 Å². The van der Waals surface area contributed by atoms with E-state index in [1.165, 1.54) is 56.9 Å². The second kappa shape index (κ2) is 13.5. The highest BCUT2D eigenvalue weighted by Crippen LogP contribution is 2.14. The van der Waals surface area contributed by atoms with Crippen LogP contribution in [0.4, 0.5) is 0 Å². The molecule has 0 bridgehead atoms. The van der Waals surface area contributed by atoms with Crippen LogP contribution >= 0.6 is 0 Å². The third-order valence-corrected chi connectivity index (χ3v) is 4.07. The zero-order valence-corrected chi connectivity index (χ0v) is 14.1. The van der Waals surface area contributed by atoms with Crippen molar-refractivity contribution in [1.29, 1.82) is 0 Å². The number of hydrogen-bond acceptors (Lipinski definition) is 2. The van der Waals surface area contributed by atoms with Crippen molar-refractivity contribution in [3.05, 3.63) is 35.9 Å². The maximum atomic E-state index is 10.8. The van der Waals surface area contributed by atoms with Gasteiger partial charge < -0.3 is 9.53 Å². The normalized spacial score (nSPS) is 12.2. The monoisotopic (exact) mass is 304 g/mol. The van der Waals surface area contributed by atoms with Crippen molar-refractivity contribution in [2.75, 3.05) is 0 Å². The molecule has 0 fully saturated rings. The molecule has 1 aromatic rings. The molecule has 0 saturated heterocycles. The van der Waals surface area contributed by atoms with Crippen molar-refractivity contribution in [1.82, 2.24) is 0 Å². The molecule has 22 heavy (non-hydrogen) atoms. The molecule has 0 aromatic heterocycles. The minimum Gasteiger partial charge on any atom is -0.373 e. The summed E-state index contributed by atoms with van der Waals surface area (Å²) in [7, 11) is 0. The van der Waals surface area contributed by atoms with Crippen LogP contribution in [0, 0.1) is 0 Å². The van der Waals surface area contributed by atoms with Crippen molar-refractivity contribution in [2.24, 2.45) is 0 Å². The van der Waals surface area contributed by atoms with Crippen molar-refractivity contribution in [3.8, 4) is 0 Å². The summed E-state index contributed by atoms with van der Waals surface area (Å²) in [5.74, 6) is 0. The summed E-state index contributed by atoms with van der Waals surface area (Å²) < 4.78 is 5.90. The van der Waals surface area contributed by atoms with Crippen molar-refractivity contribution >= 4 is 6.29 Å². The summed E-state index contributed by atoms with van der Waals surface area (Å²) in [5.41, 5.74) is 1.18. The van der Waals surface area contributed by atoms with Crippen LogP contribution in [0.15, 0.2) is 30.3 Å². The zero-order chi connectivity index (χ0) is 15.9. The van der Waals surface area contributed by atoms with E-state index in [0.29, 0.717) is 13.0 Å². The average Bonchev–Trinajstić information content (AvgIpc) is 2.56. The minimum atomic E-state index is 0.0813. The fourth-order valence-electron chi connectivity index (χ4n) is 2.67. The van der Waals surface area contributed by atoms with Gasteiger partial charge in [0.05, 0.1) is 12.7 Å². The molecule has 2 nitrogen and oxygen atoms in total. The van der Waals surface area contributed by atoms with Gasteiger partial charge >= 0.3 is 0 Å². The summed E-state index contributed by atoms with van der Waals surface area (Å²) in [5, 5.41) is 0. The molecular weight excluding hydrogens is 272 g/mol. The van der Waals surface area contributed by atoms with Gasteiger partial charge in [-0.05, 0) is 12.0 Å². The Hall–Kier alpha value is -1.15. The molecule has 0 saturated carbocycles. The van der Waals surface area contributed by atoms with Gasteiger partial charge in [0.15, 0.2) is 0 Å². The summed E-state index contributed by atoms with van der Waals surface area (Å²) >= 11 is 0. The second-order valence-electron chi connectivity index (χ2n) is 6.08. The van der Waals surface area contributed by atoms with E-state index in [1.807, 2.05) is 18.2 Å². The predicted octanol–water partition coefficient (Wildman–Crippen LogP) is 5.69. The Morgan fingerprint density at radius 1 is 0.955 bits per heavy atom. The average molecular weight is 304 g/mol. The largest absolute Gasteiger partial charge is 0.373 e. The highest BCUT2D eigenvalue weighted by atomic mass is 16.5. The standard InChI is InChI=1S/C20H32O2/c1-2-3-4-5-6-7-8-12-15-20(16-17-21)22-18-19-13-10-9-11-14-19/h9-11,13-14,17,20H,2-8,12,15-16,18H2,1H3/t20-/m1/s1. The van der Waals surface area contributed by atoms with Crippen LogP contribution in [-0.2, 0) is 16.1 Å². The van der Waals surface area contributed by atoms with E-state index in [1.54, 1.807) is 0 Å². The van der Waals surface area contributed by atoms with E-state index >= 15 is 0 Å². The molecule has 1 aromatic carbocycles. The minimum absolute atomic E-state index is 0.0813. The maximum Gasteiger partial charge on any atom is 0.122 e. The van der Waals surface area contributed by atoms with Gasteiger partial charge in [0.2, 0.25) is 0 Å². The molecule has 0 radical (unpaired) electrons. The van der Waals surface area contributed by atoms with E-state index < -0.39 is 0 Å². The number of aldehydes is 1. The zero-order valence-electron chi connectivity index (χ0n) is 14.1. The fourth-order valence-corrected chi connectivity index (χ4v) is 2.67. The highest BCUT2D eigenvalue weighted by molar-refractivity contribution is 5.50. The molecule has 0 spiro atoms. The first-order valence-corrected chi connectivity index (χ1v) is 8.96. The highest BCUT2D eigenvalue weighted by Gasteiger charge is 2.08. The van der Waals surface area contributed by atoms with Crippen LogP contribution in [0.1, 0.15) is 76.7 Å². The lowest BCUT2D eigenvalue weighted by molar-refractivity contribution is -0.110. The Bertz CT molecular complexity index is 361. The van der Waals surface area contributed by atoms with Crippen molar-refractivity contribution in [2.45, 2.75) is 83.8 Å². The van der Waals surface area contributed by atoms with E-state index in [4.69, 9.17) is 4.74 Å². The molecule has 0 aliphatic rings. The van der Waals surface area contributed by atoms with Crippen LogP contribution in [0.5, 0.6) is 0 Å². The Kier molecular flexibility index (Phi) is 11.6. The molecule has 0 heterocycles. The van der Waals surface area contributed by atoms with E-state index in [2.05, 4.69) is 19.1 Å².